The number of hydrogen-bond acceptors (Lipinski definition) is 2. The molecule has 1 aromatic heterocycles. The Kier molecular flexibility index (Phi) is 3.98. The normalized spacial score (nSPS) is 12.9. The van der Waals surface area contributed by atoms with Gasteiger partial charge in [-0.2, -0.15) is 5.10 Å². The second-order valence-corrected chi connectivity index (χ2v) is 4.34. The average molecular weight is 261 g/mol. The van der Waals surface area contributed by atoms with Gasteiger partial charge in [0.2, 0.25) is 0 Å². The third-order valence-corrected chi connectivity index (χ3v) is 3.32. The molecule has 0 aromatic carbocycles. The molecule has 0 N–H and O–H groups in total. The van der Waals surface area contributed by atoms with Crippen molar-refractivity contribution in [3.8, 4) is 5.75 Å². The highest BCUT2D eigenvalue weighted by atomic mass is 79.9. The molecule has 0 aliphatic rings. The second kappa shape index (κ2) is 4.82. The molecule has 0 fully saturated rings. The first-order chi connectivity index (χ1) is 6.56. The molecule has 1 rings (SSSR count). The fraction of sp³-hybridized carbons (Fsp3) is 0.700. The maximum Gasteiger partial charge on any atom is 0.162 e. The Morgan fingerprint density at radius 1 is 1.50 bits per heavy atom. The van der Waals surface area contributed by atoms with Gasteiger partial charge >= 0.3 is 0 Å². The average Bonchev–Trinajstić information content (AvgIpc) is 2.39. The molecule has 0 bridgehead atoms. The van der Waals surface area contributed by atoms with E-state index in [0.717, 1.165) is 29.1 Å². The lowest BCUT2D eigenvalue weighted by molar-refractivity contribution is 0.270. The van der Waals surface area contributed by atoms with Crippen molar-refractivity contribution in [3.63, 3.8) is 0 Å². The minimum atomic E-state index is 0.522. The van der Waals surface area contributed by atoms with Gasteiger partial charge in [-0.3, -0.25) is 4.68 Å². The van der Waals surface area contributed by atoms with Crippen molar-refractivity contribution in [2.24, 2.45) is 13.0 Å². The predicted octanol–water partition coefficient (Wildman–Crippen LogP) is 2.45. The van der Waals surface area contributed by atoms with Crippen LogP contribution in [0.4, 0.5) is 0 Å². The number of halogens is 1. The van der Waals surface area contributed by atoms with E-state index in [0.29, 0.717) is 5.92 Å². The summed E-state index contributed by atoms with van der Waals surface area (Å²) in [6, 6.07) is 0. The van der Waals surface area contributed by atoms with Gasteiger partial charge in [-0.25, -0.2) is 0 Å². The zero-order chi connectivity index (χ0) is 10.7. The Morgan fingerprint density at radius 3 is 2.57 bits per heavy atom. The van der Waals surface area contributed by atoms with Crippen molar-refractivity contribution >= 4 is 15.9 Å². The van der Waals surface area contributed by atoms with Crippen LogP contribution in [0.25, 0.3) is 0 Å². The smallest absolute Gasteiger partial charge is 0.162 e. The number of aryl methyl sites for hydroxylation is 2. The minimum Gasteiger partial charge on any atom is -0.489 e. The van der Waals surface area contributed by atoms with Crippen LogP contribution >= 0.6 is 15.9 Å². The molecule has 1 unspecified atom stereocenters. The van der Waals surface area contributed by atoms with Gasteiger partial charge in [-0.15, -0.1) is 0 Å². The number of rotatable bonds is 4. The van der Waals surface area contributed by atoms with E-state index in [-0.39, 0.29) is 0 Å². The Hall–Kier alpha value is -0.510. The summed E-state index contributed by atoms with van der Waals surface area (Å²) in [5.74, 6) is 1.45. The first-order valence-corrected chi connectivity index (χ1v) is 5.87. The summed E-state index contributed by atoms with van der Waals surface area (Å²) in [6.45, 7) is 6.88. The van der Waals surface area contributed by atoms with Gasteiger partial charge in [-0.1, -0.05) is 22.9 Å². The van der Waals surface area contributed by atoms with E-state index in [1.54, 1.807) is 0 Å². The first-order valence-electron chi connectivity index (χ1n) is 4.75. The summed E-state index contributed by atoms with van der Waals surface area (Å²) in [6.07, 6.45) is 0. The van der Waals surface area contributed by atoms with Crippen molar-refractivity contribution in [1.82, 2.24) is 9.78 Å². The van der Waals surface area contributed by atoms with Gasteiger partial charge in [0.15, 0.2) is 5.75 Å². The second-order valence-electron chi connectivity index (χ2n) is 3.69. The number of ether oxygens (including phenoxy) is 1. The molecule has 80 valence electrons. The zero-order valence-electron chi connectivity index (χ0n) is 9.17. The molecule has 0 saturated heterocycles. The van der Waals surface area contributed by atoms with Crippen LogP contribution in [0.1, 0.15) is 18.3 Å². The van der Waals surface area contributed by atoms with Gasteiger partial charge in [0.05, 0.1) is 12.3 Å². The van der Waals surface area contributed by atoms with Gasteiger partial charge in [0, 0.05) is 12.4 Å². The highest BCUT2D eigenvalue weighted by molar-refractivity contribution is 9.09. The summed E-state index contributed by atoms with van der Waals surface area (Å²) in [4.78, 5) is 0. The number of aromatic nitrogens is 2. The lowest BCUT2D eigenvalue weighted by atomic mass is 10.2. The molecule has 0 aliphatic carbocycles. The Labute approximate surface area is 93.6 Å². The van der Waals surface area contributed by atoms with E-state index in [1.165, 1.54) is 0 Å². The fourth-order valence-corrected chi connectivity index (χ4v) is 1.42. The van der Waals surface area contributed by atoms with Crippen LogP contribution in [0.2, 0.25) is 0 Å². The molecule has 0 spiro atoms. The standard InChI is InChI=1S/C10H17BrN2O/c1-7(5-11)6-14-10-8(2)12-13(4)9(10)3/h7H,5-6H2,1-4H3. The van der Waals surface area contributed by atoms with E-state index in [2.05, 4.69) is 28.0 Å². The molecule has 0 amide bonds. The fourth-order valence-electron chi connectivity index (χ4n) is 1.23. The molecule has 0 radical (unpaired) electrons. The van der Waals surface area contributed by atoms with Crippen LogP contribution in [0.3, 0.4) is 0 Å². The molecule has 0 saturated carbocycles. The van der Waals surface area contributed by atoms with Gasteiger partial charge in [0.1, 0.15) is 5.69 Å². The van der Waals surface area contributed by atoms with Crippen molar-refractivity contribution < 1.29 is 4.74 Å². The lowest BCUT2D eigenvalue weighted by Gasteiger charge is -2.10. The summed E-state index contributed by atoms with van der Waals surface area (Å²) in [5, 5.41) is 5.26. The number of alkyl halides is 1. The number of hydrogen-bond donors (Lipinski definition) is 0. The van der Waals surface area contributed by atoms with E-state index in [9.17, 15) is 0 Å². The molecule has 1 atom stereocenters. The largest absolute Gasteiger partial charge is 0.489 e. The van der Waals surface area contributed by atoms with Crippen LogP contribution < -0.4 is 4.74 Å². The Morgan fingerprint density at radius 2 is 2.14 bits per heavy atom. The zero-order valence-corrected chi connectivity index (χ0v) is 10.8. The third kappa shape index (κ3) is 2.50. The Balaban J connectivity index is 2.67. The molecule has 1 aromatic rings. The van der Waals surface area contributed by atoms with Crippen LogP contribution in [0, 0.1) is 19.8 Å². The lowest BCUT2D eigenvalue weighted by Crippen LogP contribution is -2.10. The van der Waals surface area contributed by atoms with E-state index < -0.39 is 0 Å². The van der Waals surface area contributed by atoms with Crippen LogP contribution in [-0.2, 0) is 7.05 Å². The van der Waals surface area contributed by atoms with Gasteiger partial charge < -0.3 is 4.74 Å². The molecule has 3 nitrogen and oxygen atoms in total. The van der Waals surface area contributed by atoms with Crippen molar-refractivity contribution in [3.05, 3.63) is 11.4 Å². The molecule has 14 heavy (non-hydrogen) atoms. The Bertz CT molecular complexity index is 309. The van der Waals surface area contributed by atoms with Gasteiger partial charge in [0.25, 0.3) is 0 Å². The summed E-state index contributed by atoms with van der Waals surface area (Å²) in [5.41, 5.74) is 2.05. The summed E-state index contributed by atoms with van der Waals surface area (Å²) >= 11 is 3.43. The van der Waals surface area contributed by atoms with Crippen molar-refractivity contribution in [1.29, 1.82) is 0 Å². The molecule has 0 aliphatic heterocycles. The van der Waals surface area contributed by atoms with E-state index >= 15 is 0 Å². The maximum atomic E-state index is 5.73. The highest BCUT2D eigenvalue weighted by Crippen LogP contribution is 2.21. The SMILES string of the molecule is Cc1nn(C)c(C)c1OCC(C)CBr. The molecular formula is C10H17BrN2O. The topological polar surface area (TPSA) is 27.1 Å². The predicted molar refractivity (Wildman–Crippen MR) is 61.1 cm³/mol. The van der Waals surface area contributed by atoms with Gasteiger partial charge in [-0.05, 0) is 19.8 Å². The van der Waals surface area contributed by atoms with Crippen LogP contribution in [-0.4, -0.2) is 21.7 Å². The molecular weight excluding hydrogens is 244 g/mol. The quantitative estimate of drug-likeness (QED) is 0.778. The van der Waals surface area contributed by atoms with E-state index in [4.69, 9.17) is 4.74 Å². The number of nitrogens with zero attached hydrogens (tertiary/aromatic N) is 2. The third-order valence-electron chi connectivity index (χ3n) is 2.22. The molecule has 4 heteroatoms. The summed E-state index contributed by atoms with van der Waals surface area (Å²) in [7, 11) is 1.93. The van der Waals surface area contributed by atoms with Crippen molar-refractivity contribution in [2.75, 3.05) is 11.9 Å². The molecule has 1 heterocycles. The summed E-state index contributed by atoms with van der Waals surface area (Å²) < 4.78 is 7.58. The van der Waals surface area contributed by atoms with E-state index in [1.807, 2.05) is 25.6 Å². The maximum absolute atomic E-state index is 5.73. The highest BCUT2D eigenvalue weighted by Gasteiger charge is 2.11. The minimum absolute atomic E-state index is 0.522. The van der Waals surface area contributed by atoms with Crippen LogP contribution in [0.15, 0.2) is 0 Å². The monoisotopic (exact) mass is 260 g/mol. The van der Waals surface area contributed by atoms with Crippen LogP contribution in [0.5, 0.6) is 5.75 Å². The first kappa shape index (κ1) is 11.6. The van der Waals surface area contributed by atoms with Crippen molar-refractivity contribution in [2.45, 2.75) is 20.8 Å².